The van der Waals surface area contributed by atoms with Gasteiger partial charge in [-0.1, -0.05) is 0 Å². The molecule has 2 aromatic heterocycles. The molecule has 3 heterocycles. The van der Waals surface area contributed by atoms with Gasteiger partial charge in [0, 0.05) is 56.1 Å². The van der Waals surface area contributed by atoms with Crippen LogP contribution in [0, 0.1) is 0 Å². The van der Waals surface area contributed by atoms with E-state index < -0.39 is 6.04 Å². The zero-order valence-electron chi connectivity index (χ0n) is 14.4. The minimum Gasteiger partial charge on any atom is -0.357 e. The Labute approximate surface area is 165 Å². The van der Waals surface area contributed by atoms with Crippen LogP contribution in [-0.2, 0) is 17.6 Å². The number of hydrogen-bond donors (Lipinski definition) is 3. The summed E-state index contributed by atoms with van der Waals surface area (Å²) in [6.45, 7) is 2.61. The van der Waals surface area contributed by atoms with Gasteiger partial charge >= 0.3 is 0 Å². The molecule has 0 aliphatic carbocycles. The summed E-state index contributed by atoms with van der Waals surface area (Å²) >= 11 is 0. The molecule has 1 saturated heterocycles. The highest BCUT2D eigenvalue weighted by molar-refractivity contribution is 5.85. The van der Waals surface area contributed by atoms with Crippen LogP contribution in [0.2, 0.25) is 0 Å². The van der Waals surface area contributed by atoms with Crippen LogP contribution in [0.3, 0.4) is 0 Å². The quantitative estimate of drug-likeness (QED) is 0.634. The summed E-state index contributed by atoms with van der Waals surface area (Å²) in [7, 11) is 0. The van der Waals surface area contributed by atoms with Crippen LogP contribution >= 0.6 is 24.8 Å². The van der Waals surface area contributed by atoms with Gasteiger partial charge in [0.2, 0.25) is 5.91 Å². The molecule has 1 aliphatic heterocycles. The van der Waals surface area contributed by atoms with Crippen molar-refractivity contribution in [1.82, 2.24) is 25.3 Å². The summed E-state index contributed by atoms with van der Waals surface area (Å²) in [5.41, 5.74) is 7.68. The van der Waals surface area contributed by atoms with Gasteiger partial charge in [0.25, 0.3) is 0 Å². The summed E-state index contributed by atoms with van der Waals surface area (Å²) in [5.74, 6) is 0.804. The third-order valence-electron chi connectivity index (χ3n) is 4.15. The van der Waals surface area contributed by atoms with E-state index in [1.165, 1.54) is 12.8 Å². The van der Waals surface area contributed by atoms with Crippen molar-refractivity contribution in [2.75, 3.05) is 24.5 Å². The van der Waals surface area contributed by atoms with E-state index in [1.54, 1.807) is 18.9 Å². The Kier molecular flexibility index (Phi) is 9.32. The second-order valence-corrected chi connectivity index (χ2v) is 5.99. The molecular weight excluding hydrogens is 377 g/mol. The highest BCUT2D eigenvalue weighted by Crippen LogP contribution is 2.17. The normalized spacial score (nSPS) is 14.3. The first-order valence-electron chi connectivity index (χ1n) is 8.29. The van der Waals surface area contributed by atoms with Crippen LogP contribution in [-0.4, -0.2) is 51.5 Å². The minimum atomic E-state index is -0.587. The largest absolute Gasteiger partial charge is 0.357 e. The van der Waals surface area contributed by atoms with Crippen LogP contribution in [0.15, 0.2) is 24.9 Å². The summed E-state index contributed by atoms with van der Waals surface area (Å²) < 4.78 is 0. The number of nitrogens with zero attached hydrogens (tertiary/aromatic N) is 4. The van der Waals surface area contributed by atoms with Crippen LogP contribution in [0.5, 0.6) is 0 Å². The van der Waals surface area contributed by atoms with Crippen molar-refractivity contribution >= 4 is 36.5 Å². The SMILES string of the molecule is Cl.Cl.N[C@@H](Cc1cnc[nH]1)C(=O)NCCc1cc(N2CCCC2)ncn1. The molecule has 0 aromatic carbocycles. The number of nitrogens with two attached hydrogens (primary N) is 1. The Morgan fingerprint density at radius 3 is 2.77 bits per heavy atom. The molecule has 4 N–H and O–H groups in total. The molecule has 0 spiro atoms. The highest BCUT2D eigenvalue weighted by atomic mass is 35.5. The van der Waals surface area contributed by atoms with Crippen molar-refractivity contribution in [3.05, 3.63) is 36.3 Å². The lowest BCUT2D eigenvalue weighted by atomic mass is 10.1. The molecule has 1 aliphatic rings. The van der Waals surface area contributed by atoms with Gasteiger partial charge in [0.05, 0.1) is 12.4 Å². The molecule has 3 rings (SSSR count). The standard InChI is InChI=1S/C16H23N7O.2ClH/c17-14(7-13-9-18-10-20-13)16(24)19-4-3-12-8-15(22-11-21-12)23-5-1-2-6-23;;/h8-11,14H,1-7,17H2,(H,18,20)(H,19,24);2*1H/t14-;;/m0../s1. The lowest BCUT2D eigenvalue weighted by molar-refractivity contribution is -0.122. The molecule has 144 valence electrons. The summed E-state index contributed by atoms with van der Waals surface area (Å²) in [4.78, 5) is 29.8. The topological polar surface area (TPSA) is 113 Å². The fraction of sp³-hybridized carbons (Fsp3) is 0.500. The van der Waals surface area contributed by atoms with Crippen LogP contribution in [0.4, 0.5) is 5.82 Å². The minimum absolute atomic E-state index is 0. The van der Waals surface area contributed by atoms with Crippen molar-refractivity contribution < 1.29 is 4.79 Å². The number of aromatic amines is 1. The van der Waals surface area contributed by atoms with E-state index in [1.807, 2.05) is 6.07 Å². The number of halogens is 2. The fourth-order valence-corrected chi connectivity index (χ4v) is 2.81. The second kappa shape index (κ2) is 10.9. The highest BCUT2D eigenvalue weighted by Gasteiger charge is 2.15. The predicted octanol–water partition coefficient (Wildman–Crippen LogP) is 0.872. The molecule has 0 radical (unpaired) electrons. The van der Waals surface area contributed by atoms with Crippen molar-refractivity contribution in [2.24, 2.45) is 5.73 Å². The maximum absolute atomic E-state index is 12.0. The number of rotatable bonds is 7. The molecule has 0 unspecified atom stereocenters. The van der Waals surface area contributed by atoms with Gasteiger partial charge in [-0.25, -0.2) is 15.0 Å². The Morgan fingerprint density at radius 1 is 1.31 bits per heavy atom. The van der Waals surface area contributed by atoms with Crippen LogP contribution in [0.25, 0.3) is 0 Å². The number of amides is 1. The van der Waals surface area contributed by atoms with Gasteiger partial charge < -0.3 is 20.9 Å². The van der Waals surface area contributed by atoms with E-state index in [0.717, 1.165) is 30.3 Å². The molecule has 2 aromatic rings. The molecule has 1 atom stereocenters. The number of imidazole rings is 1. The molecule has 1 amide bonds. The van der Waals surface area contributed by atoms with Gasteiger partial charge in [-0.15, -0.1) is 24.8 Å². The molecule has 0 bridgehead atoms. The van der Waals surface area contributed by atoms with Gasteiger partial charge in [-0.05, 0) is 12.8 Å². The molecular formula is C16H25Cl2N7O. The van der Waals surface area contributed by atoms with Crippen molar-refractivity contribution in [1.29, 1.82) is 0 Å². The fourth-order valence-electron chi connectivity index (χ4n) is 2.81. The lowest BCUT2D eigenvalue weighted by Crippen LogP contribution is -2.42. The molecule has 10 heteroatoms. The Balaban J connectivity index is 0.00000169. The number of aromatic nitrogens is 4. The maximum atomic E-state index is 12.0. The van der Waals surface area contributed by atoms with E-state index >= 15 is 0 Å². The van der Waals surface area contributed by atoms with E-state index in [2.05, 4.69) is 30.2 Å². The van der Waals surface area contributed by atoms with E-state index in [-0.39, 0.29) is 30.7 Å². The monoisotopic (exact) mass is 401 g/mol. The Bertz CT molecular complexity index is 662. The second-order valence-electron chi connectivity index (χ2n) is 5.99. The van der Waals surface area contributed by atoms with E-state index in [4.69, 9.17) is 5.73 Å². The zero-order valence-corrected chi connectivity index (χ0v) is 16.1. The average molecular weight is 402 g/mol. The third kappa shape index (κ3) is 6.12. The molecule has 1 fully saturated rings. The van der Waals surface area contributed by atoms with E-state index in [9.17, 15) is 4.79 Å². The van der Waals surface area contributed by atoms with E-state index in [0.29, 0.717) is 19.4 Å². The number of hydrogen-bond acceptors (Lipinski definition) is 6. The first-order valence-corrected chi connectivity index (χ1v) is 8.29. The summed E-state index contributed by atoms with van der Waals surface area (Å²) in [5, 5.41) is 2.86. The van der Waals surface area contributed by atoms with Crippen LogP contribution in [0.1, 0.15) is 24.2 Å². The van der Waals surface area contributed by atoms with Gasteiger partial charge in [-0.2, -0.15) is 0 Å². The van der Waals surface area contributed by atoms with Crippen LogP contribution < -0.4 is 16.0 Å². The summed E-state index contributed by atoms with van der Waals surface area (Å²) in [6, 6.07) is 1.41. The maximum Gasteiger partial charge on any atom is 0.237 e. The average Bonchev–Trinajstić information content (AvgIpc) is 3.28. The first-order chi connectivity index (χ1) is 11.7. The van der Waals surface area contributed by atoms with Crippen molar-refractivity contribution in [2.45, 2.75) is 31.7 Å². The Hall–Kier alpha value is -1.90. The summed E-state index contributed by atoms with van der Waals surface area (Å²) in [6.07, 6.45) is 8.37. The van der Waals surface area contributed by atoms with Crippen molar-refractivity contribution in [3.63, 3.8) is 0 Å². The third-order valence-corrected chi connectivity index (χ3v) is 4.15. The van der Waals surface area contributed by atoms with Crippen molar-refractivity contribution in [3.8, 4) is 0 Å². The Morgan fingerprint density at radius 2 is 2.08 bits per heavy atom. The molecule has 0 saturated carbocycles. The van der Waals surface area contributed by atoms with Gasteiger partial charge in [0.15, 0.2) is 0 Å². The molecule has 26 heavy (non-hydrogen) atoms. The first kappa shape index (κ1) is 22.1. The molecule has 8 nitrogen and oxygen atoms in total. The predicted molar refractivity (Wildman–Crippen MR) is 105 cm³/mol. The smallest absolute Gasteiger partial charge is 0.237 e. The zero-order chi connectivity index (χ0) is 16.8. The lowest BCUT2D eigenvalue weighted by Gasteiger charge is -2.16. The number of H-pyrrole nitrogens is 1. The number of anilines is 1. The number of nitrogens with one attached hydrogen (secondary N) is 2. The number of carbonyl (C=O) groups excluding carboxylic acids is 1. The number of carbonyl (C=O) groups is 1. The van der Waals surface area contributed by atoms with Gasteiger partial charge in [0.1, 0.15) is 12.1 Å². The van der Waals surface area contributed by atoms with Gasteiger partial charge in [-0.3, -0.25) is 4.79 Å².